The first kappa shape index (κ1) is 38.5. The molecule has 58 heavy (non-hydrogen) atoms. The van der Waals surface area contributed by atoms with Gasteiger partial charge >= 0.3 is 0 Å². The lowest BCUT2D eigenvalue weighted by Gasteiger charge is -2.20. The van der Waals surface area contributed by atoms with E-state index in [1.165, 1.54) is 0 Å². The summed E-state index contributed by atoms with van der Waals surface area (Å²) in [6, 6.07) is 38.8. The molecule has 0 fully saturated rings. The Balaban J connectivity index is 1.13. The summed E-state index contributed by atoms with van der Waals surface area (Å²) in [4.78, 5) is 0. The van der Waals surface area contributed by atoms with Gasteiger partial charge in [-0.3, -0.25) is 0 Å². The molecule has 10 heteroatoms. The lowest BCUT2D eigenvalue weighted by molar-refractivity contribution is 0.0761. The van der Waals surface area contributed by atoms with Crippen molar-refractivity contribution in [2.45, 2.75) is 25.7 Å². The molecule has 6 aromatic rings. The molecule has 0 atom stereocenters. The van der Waals surface area contributed by atoms with E-state index >= 15 is 0 Å². The zero-order chi connectivity index (χ0) is 39.5. The molecule has 0 aromatic heterocycles. The number of para-hydroxylation sites is 6. The summed E-state index contributed by atoms with van der Waals surface area (Å²) in [5, 5.41) is 32.5. The summed E-state index contributed by atoms with van der Waals surface area (Å²) in [7, 11) is 0. The standard InChI is InChI=1S/C48H46N2O8/c51-45-33-9-5-11-35(45)31-39-15-8-16-40-32-36-12-6-10-34(46(36)52)30-38-14-7-13-37(29-33)47(38)57-27-23-53-21-25-55-43-19-3-1-17-41(43)49-50-42-18-2-4-20-44(42)56-26-22-54-24-28-58-48(39)40/h1-20,51-52H,21-32H2. The third-order valence-corrected chi connectivity index (χ3v) is 10.2. The number of azo groups is 1. The summed E-state index contributed by atoms with van der Waals surface area (Å²) < 4.78 is 37.1. The van der Waals surface area contributed by atoms with Crippen LogP contribution in [-0.2, 0) is 35.2 Å². The number of ether oxygens (including phenoxy) is 6. The minimum atomic E-state index is 0.240. The molecule has 10 bridgehead atoms. The molecular weight excluding hydrogens is 733 g/mol. The Morgan fingerprint density at radius 3 is 1.00 bits per heavy atom. The van der Waals surface area contributed by atoms with Gasteiger partial charge in [-0.1, -0.05) is 97.1 Å². The molecule has 0 saturated carbocycles. The van der Waals surface area contributed by atoms with E-state index in [1.54, 1.807) is 0 Å². The Morgan fingerprint density at radius 2 is 0.638 bits per heavy atom. The Hall–Kier alpha value is -6.36. The smallest absolute Gasteiger partial charge is 0.146 e. The van der Waals surface area contributed by atoms with E-state index in [0.717, 1.165) is 44.5 Å². The largest absolute Gasteiger partial charge is 0.507 e. The number of hydrogen-bond donors (Lipinski definition) is 2. The maximum absolute atomic E-state index is 11.7. The number of nitrogens with zero attached hydrogens (tertiary/aromatic N) is 2. The Morgan fingerprint density at radius 1 is 0.328 bits per heavy atom. The van der Waals surface area contributed by atoms with Crippen LogP contribution in [0.3, 0.4) is 0 Å². The van der Waals surface area contributed by atoms with Crippen LogP contribution in [0, 0.1) is 0 Å². The van der Waals surface area contributed by atoms with Gasteiger partial charge in [0.1, 0.15) is 72.3 Å². The first-order valence-electron chi connectivity index (χ1n) is 19.7. The molecule has 3 aliphatic rings. The van der Waals surface area contributed by atoms with Crippen LogP contribution in [0.4, 0.5) is 11.4 Å². The minimum absolute atomic E-state index is 0.240. The SMILES string of the molecule is Oc1c2cccc1Cc1cccc3c1OCCOCCOc1ccccc1N=Nc1ccccc1OCCOCCOc1c(cccc1Cc1cccc(c1O)C3)C2. The molecule has 1 aliphatic carbocycles. The van der Waals surface area contributed by atoms with Gasteiger partial charge in [0.05, 0.1) is 26.4 Å². The number of aromatic hydroxyl groups is 2. The van der Waals surface area contributed by atoms with E-state index in [2.05, 4.69) is 10.2 Å². The van der Waals surface area contributed by atoms with Crippen LogP contribution in [-0.4, -0.2) is 63.1 Å². The van der Waals surface area contributed by atoms with Gasteiger partial charge in [-0.15, -0.1) is 10.2 Å². The van der Waals surface area contributed by atoms with Crippen LogP contribution in [0.5, 0.6) is 34.5 Å². The van der Waals surface area contributed by atoms with Gasteiger partial charge in [0, 0.05) is 25.7 Å². The fraction of sp³-hybridized carbons (Fsp3) is 0.250. The monoisotopic (exact) mass is 778 g/mol. The molecule has 0 saturated heterocycles. The Labute approximate surface area is 338 Å². The summed E-state index contributed by atoms with van der Waals surface area (Å²) in [6.45, 7) is 2.49. The van der Waals surface area contributed by atoms with Crippen molar-refractivity contribution in [3.05, 3.63) is 166 Å². The number of benzene rings is 6. The van der Waals surface area contributed by atoms with Crippen molar-refractivity contribution in [2.75, 3.05) is 52.9 Å². The Bertz CT molecular complexity index is 2130. The van der Waals surface area contributed by atoms with E-state index < -0.39 is 0 Å². The zero-order valence-corrected chi connectivity index (χ0v) is 32.3. The molecule has 0 radical (unpaired) electrons. The number of fused-ring (bicyclic) bond motifs is 12. The third-order valence-electron chi connectivity index (χ3n) is 10.2. The normalized spacial score (nSPS) is 15.2. The highest BCUT2D eigenvalue weighted by Crippen LogP contribution is 2.38. The van der Waals surface area contributed by atoms with Gasteiger partial charge in [0.25, 0.3) is 0 Å². The van der Waals surface area contributed by atoms with Gasteiger partial charge in [-0.2, -0.15) is 0 Å². The fourth-order valence-electron chi connectivity index (χ4n) is 7.35. The van der Waals surface area contributed by atoms with Crippen molar-refractivity contribution in [1.82, 2.24) is 0 Å². The molecule has 9 rings (SSSR count). The molecule has 0 amide bonds. The predicted octanol–water partition coefficient (Wildman–Crippen LogP) is 9.45. The minimum Gasteiger partial charge on any atom is -0.507 e. The number of rotatable bonds is 0. The van der Waals surface area contributed by atoms with Crippen LogP contribution >= 0.6 is 0 Å². The van der Waals surface area contributed by atoms with Crippen molar-refractivity contribution < 1.29 is 38.6 Å². The second-order valence-corrected chi connectivity index (χ2v) is 14.1. The fourth-order valence-corrected chi connectivity index (χ4v) is 7.35. The number of phenols is 2. The topological polar surface area (TPSA) is 121 Å². The molecule has 0 unspecified atom stereocenters. The van der Waals surface area contributed by atoms with Crippen molar-refractivity contribution in [1.29, 1.82) is 0 Å². The van der Waals surface area contributed by atoms with Gasteiger partial charge < -0.3 is 38.6 Å². The molecule has 0 spiro atoms. The van der Waals surface area contributed by atoms with Crippen LogP contribution < -0.4 is 18.9 Å². The highest BCUT2D eigenvalue weighted by molar-refractivity contribution is 5.56. The van der Waals surface area contributed by atoms with Gasteiger partial charge in [-0.05, 0) is 68.8 Å². The lowest BCUT2D eigenvalue weighted by Crippen LogP contribution is -2.14. The van der Waals surface area contributed by atoms with Crippen molar-refractivity contribution >= 4 is 11.4 Å². The quantitative estimate of drug-likeness (QED) is 0.146. The van der Waals surface area contributed by atoms with E-state index in [4.69, 9.17) is 28.4 Å². The molecular formula is C48H46N2O8. The van der Waals surface area contributed by atoms with Crippen molar-refractivity contribution in [3.63, 3.8) is 0 Å². The second kappa shape index (κ2) is 18.7. The van der Waals surface area contributed by atoms with Gasteiger partial charge in [0.15, 0.2) is 0 Å². The van der Waals surface area contributed by atoms with Gasteiger partial charge in [0.2, 0.25) is 0 Å². The maximum atomic E-state index is 11.7. The van der Waals surface area contributed by atoms with Gasteiger partial charge in [-0.25, -0.2) is 0 Å². The number of hydrogen-bond acceptors (Lipinski definition) is 10. The van der Waals surface area contributed by atoms with Crippen LogP contribution in [0.25, 0.3) is 0 Å². The predicted molar refractivity (Wildman–Crippen MR) is 221 cm³/mol. The lowest BCUT2D eigenvalue weighted by atomic mass is 9.91. The molecule has 2 heterocycles. The van der Waals surface area contributed by atoms with Crippen LogP contribution in [0.1, 0.15) is 44.5 Å². The van der Waals surface area contributed by atoms with Crippen molar-refractivity contribution in [2.24, 2.45) is 10.2 Å². The van der Waals surface area contributed by atoms with E-state index in [-0.39, 0.29) is 24.7 Å². The first-order chi connectivity index (χ1) is 28.6. The Kier molecular flexibility index (Phi) is 12.4. The van der Waals surface area contributed by atoms with E-state index in [1.807, 2.05) is 121 Å². The average Bonchev–Trinajstić information content (AvgIpc) is 3.23. The molecule has 6 aromatic carbocycles. The highest BCUT2D eigenvalue weighted by Gasteiger charge is 2.20. The first-order valence-corrected chi connectivity index (χ1v) is 19.7. The highest BCUT2D eigenvalue weighted by atomic mass is 16.6. The van der Waals surface area contributed by atoms with Crippen molar-refractivity contribution in [3.8, 4) is 34.5 Å². The average molecular weight is 779 g/mol. The van der Waals surface area contributed by atoms with E-state index in [9.17, 15) is 10.2 Å². The molecule has 296 valence electrons. The summed E-state index contributed by atoms with van der Waals surface area (Å²) in [6.07, 6.45) is 1.76. The molecule has 2 N–H and O–H groups in total. The third kappa shape index (κ3) is 9.26. The molecule has 10 nitrogen and oxygen atoms in total. The summed E-state index contributed by atoms with van der Waals surface area (Å²) >= 11 is 0. The summed E-state index contributed by atoms with van der Waals surface area (Å²) in [5.41, 5.74) is 7.98. The molecule has 2 aliphatic heterocycles. The summed E-state index contributed by atoms with van der Waals surface area (Å²) in [5.74, 6) is 3.07. The van der Waals surface area contributed by atoms with E-state index in [0.29, 0.717) is 99.7 Å². The number of phenolic OH excluding ortho intramolecular Hbond substituents is 2. The van der Waals surface area contributed by atoms with Crippen LogP contribution in [0.15, 0.2) is 132 Å². The van der Waals surface area contributed by atoms with Crippen LogP contribution in [0.2, 0.25) is 0 Å². The second-order valence-electron chi connectivity index (χ2n) is 14.1. The zero-order valence-electron chi connectivity index (χ0n) is 32.3. The maximum Gasteiger partial charge on any atom is 0.146 e.